The van der Waals surface area contributed by atoms with Crippen molar-refractivity contribution in [2.24, 2.45) is 0 Å². The Morgan fingerprint density at radius 1 is 1.16 bits per heavy atom. The fraction of sp³-hybridized carbons (Fsp3) is 0.882. The van der Waals surface area contributed by atoms with Crippen molar-refractivity contribution < 1.29 is 4.74 Å². The van der Waals surface area contributed by atoms with Crippen molar-refractivity contribution in [1.29, 1.82) is 0 Å². The lowest BCUT2D eigenvalue weighted by atomic mass is 9.88. The van der Waals surface area contributed by atoms with Gasteiger partial charge in [-0.15, -0.1) is 0 Å². The average molecular weight is 263 g/mol. The molecule has 2 rings (SSSR count). The lowest BCUT2D eigenvalue weighted by Gasteiger charge is -2.40. The van der Waals surface area contributed by atoms with Crippen LogP contribution < -0.4 is 0 Å². The predicted octanol–water partition coefficient (Wildman–Crippen LogP) is 3.60. The van der Waals surface area contributed by atoms with Gasteiger partial charge in [-0.05, 0) is 66.3 Å². The van der Waals surface area contributed by atoms with Crippen LogP contribution in [0.15, 0.2) is 0 Å². The molecule has 0 aromatic heterocycles. The molecule has 2 heteroatoms. The molecule has 0 radical (unpaired) electrons. The van der Waals surface area contributed by atoms with Gasteiger partial charge in [0, 0.05) is 6.04 Å². The van der Waals surface area contributed by atoms with Crippen LogP contribution in [0.25, 0.3) is 0 Å². The second-order valence-electron chi connectivity index (χ2n) is 7.06. The second kappa shape index (κ2) is 5.85. The third-order valence-electron chi connectivity index (χ3n) is 4.51. The molecule has 0 spiro atoms. The van der Waals surface area contributed by atoms with Crippen molar-refractivity contribution in [3.8, 4) is 11.8 Å². The maximum Gasteiger partial charge on any atom is 0.126 e. The van der Waals surface area contributed by atoms with Gasteiger partial charge in [0.05, 0.1) is 12.1 Å². The molecule has 2 saturated heterocycles. The van der Waals surface area contributed by atoms with Gasteiger partial charge in [0.2, 0.25) is 0 Å². The smallest absolute Gasteiger partial charge is 0.126 e. The number of nitrogens with zero attached hydrogens (tertiary/aromatic N) is 1. The number of piperidine rings is 1. The minimum absolute atomic E-state index is 0.0138. The second-order valence-corrected chi connectivity index (χ2v) is 7.06. The molecular weight excluding hydrogens is 234 g/mol. The highest BCUT2D eigenvalue weighted by atomic mass is 16.5. The predicted molar refractivity (Wildman–Crippen MR) is 80.1 cm³/mol. The van der Waals surface area contributed by atoms with Crippen molar-refractivity contribution in [2.45, 2.75) is 83.5 Å². The third kappa shape index (κ3) is 4.23. The van der Waals surface area contributed by atoms with Gasteiger partial charge in [0.25, 0.3) is 0 Å². The SMILES string of the molecule is C[C@H]1CCCCN1CC#C[C@]1(C)CCCC(C)(C)O1. The summed E-state index contributed by atoms with van der Waals surface area (Å²) in [6.45, 7) is 10.9. The summed E-state index contributed by atoms with van der Waals surface area (Å²) < 4.78 is 6.19. The van der Waals surface area contributed by atoms with Gasteiger partial charge < -0.3 is 4.74 Å². The number of hydrogen-bond acceptors (Lipinski definition) is 2. The molecule has 2 nitrogen and oxygen atoms in total. The summed E-state index contributed by atoms with van der Waals surface area (Å²) in [5.74, 6) is 6.79. The third-order valence-corrected chi connectivity index (χ3v) is 4.51. The molecule has 19 heavy (non-hydrogen) atoms. The number of likely N-dealkylation sites (tertiary alicyclic amines) is 1. The van der Waals surface area contributed by atoms with Crippen molar-refractivity contribution >= 4 is 0 Å². The lowest BCUT2D eigenvalue weighted by Crippen LogP contribution is -2.43. The highest BCUT2D eigenvalue weighted by molar-refractivity contribution is 5.16. The molecule has 2 heterocycles. The monoisotopic (exact) mass is 263 g/mol. The standard InChI is InChI=1S/C17H29NO/c1-15-9-5-6-13-18(15)14-8-12-17(4)11-7-10-16(2,3)19-17/h15H,5-7,9-11,13-14H2,1-4H3/t15-,17-/m0/s1. The van der Waals surface area contributed by atoms with Crippen LogP contribution >= 0.6 is 0 Å². The van der Waals surface area contributed by atoms with Crippen LogP contribution in [0.2, 0.25) is 0 Å². The Kier molecular flexibility index (Phi) is 4.58. The Hall–Kier alpha value is -0.520. The van der Waals surface area contributed by atoms with E-state index in [1.165, 1.54) is 32.2 Å². The van der Waals surface area contributed by atoms with Crippen molar-refractivity contribution in [3.63, 3.8) is 0 Å². The topological polar surface area (TPSA) is 12.5 Å². The molecule has 0 aliphatic carbocycles. The van der Waals surface area contributed by atoms with Crippen molar-refractivity contribution in [2.75, 3.05) is 13.1 Å². The van der Waals surface area contributed by atoms with Crippen LogP contribution in [-0.2, 0) is 4.74 Å². The molecule has 2 atom stereocenters. The summed E-state index contributed by atoms with van der Waals surface area (Å²) >= 11 is 0. The minimum Gasteiger partial charge on any atom is -0.357 e. The van der Waals surface area contributed by atoms with Crippen molar-refractivity contribution in [1.82, 2.24) is 4.90 Å². The Morgan fingerprint density at radius 3 is 2.63 bits per heavy atom. The summed E-state index contributed by atoms with van der Waals surface area (Å²) in [6.07, 6.45) is 7.46. The summed E-state index contributed by atoms with van der Waals surface area (Å²) in [5, 5.41) is 0. The van der Waals surface area contributed by atoms with Gasteiger partial charge in [-0.1, -0.05) is 18.3 Å². The first-order valence-electron chi connectivity index (χ1n) is 7.85. The number of ether oxygens (including phenoxy) is 1. The maximum absolute atomic E-state index is 6.19. The Bertz CT molecular complexity index is 365. The van der Waals surface area contributed by atoms with E-state index >= 15 is 0 Å². The van der Waals surface area contributed by atoms with Gasteiger partial charge >= 0.3 is 0 Å². The average Bonchev–Trinajstić information content (AvgIpc) is 2.30. The molecule has 0 aromatic rings. The van der Waals surface area contributed by atoms with Crippen molar-refractivity contribution in [3.05, 3.63) is 0 Å². The van der Waals surface area contributed by atoms with Crippen LogP contribution in [-0.4, -0.2) is 35.2 Å². The van der Waals surface area contributed by atoms with E-state index in [0.717, 1.165) is 19.4 Å². The van der Waals surface area contributed by atoms with E-state index < -0.39 is 0 Å². The quantitative estimate of drug-likeness (QED) is 0.670. The lowest BCUT2D eigenvalue weighted by molar-refractivity contribution is -0.135. The normalized spacial score (nSPS) is 35.5. The van der Waals surface area contributed by atoms with E-state index in [4.69, 9.17) is 4.74 Å². The zero-order valence-corrected chi connectivity index (χ0v) is 13.1. The zero-order valence-electron chi connectivity index (χ0n) is 13.1. The van der Waals surface area contributed by atoms with Crippen LogP contribution in [0.1, 0.15) is 66.2 Å². The molecule has 108 valence electrons. The summed E-state index contributed by atoms with van der Waals surface area (Å²) in [6, 6.07) is 0.694. The molecule has 2 fully saturated rings. The van der Waals surface area contributed by atoms with Crippen LogP contribution in [0.4, 0.5) is 0 Å². The maximum atomic E-state index is 6.19. The molecule has 2 aliphatic rings. The molecule has 0 N–H and O–H groups in total. The molecule has 0 amide bonds. The fourth-order valence-electron chi connectivity index (χ4n) is 3.37. The first kappa shape index (κ1) is 14.9. The molecule has 2 aliphatic heterocycles. The van der Waals surface area contributed by atoms with Gasteiger partial charge in [0.15, 0.2) is 0 Å². The molecular formula is C17H29NO. The molecule has 0 aromatic carbocycles. The number of rotatable bonds is 1. The van der Waals surface area contributed by atoms with Crippen LogP contribution in [0.3, 0.4) is 0 Å². The van der Waals surface area contributed by atoms with Gasteiger partial charge in [-0.2, -0.15) is 0 Å². The Labute approximate surface area is 118 Å². The first-order valence-corrected chi connectivity index (χ1v) is 7.85. The Balaban J connectivity index is 1.91. The Morgan fingerprint density at radius 2 is 1.95 bits per heavy atom. The van der Waals surface area contributed by atoms with Gasteiger partial charge in [-0.3, -0.25) is 4.90 Å². The summed E-state index contributed by atoms with van der Waals surface area (Å²) in [5.41, 5.74) is -0.249. The number of hydrogen-bond donors (Lipinski definition) is 0. The largest absolute Gasteiger partial charge is 0.357 e. The van der Waals surface area contributed by atoms with E-state index in [0.29, 0.717) is 6.04 Å². The molecule has 0 unspecified atom stereocenters. The van der Waals surface area contributed by atoms with E-state index in [9.17, 15) is 0 Å². The molecule has 0 saturated carbocycles. The minimum atomic E-state index is -0.235. The first-order chi connectivity index (χ1) is 8.90. The fourth-order valence-corrected chi connectivity index (χ4v) is 3.37. The molecule has 0 bridgehead atoms. The summed E-state index contributed by atoms with van der Waals surface area (Å²) in [7, 11) is 0. The van der Waals surface area contributed by atoms with E-state index in [1.54, 1.807) is 0 Å². The van der Waals surface area contributed by atoms with Crippen LogP contribution in [0.5, 0.6) is 0 Å². The summed E-state index contributed by atoms with van der Waals surface area (Å²) in [4.78, 5) is 2.51. The van der Waals surface area contributed by atoms with Crippen LogP contribution in [0, 0.1) is 11.8 Å². The van der Waals surface area contributed by atoms with E-state index in [1.807, 2.05) is 0 Å². The highest BCUT2D eigenvalue weighted by Crippen LogP contribution is 2.34. The van der Waals surface area contributed by atoms with E-state index in [-0.39, 0.29) is 11.2 Å². The van der Waals surface area contributed by atoms with E-state index in [2.05, 4.69) is 44.4 Å². The highest BCUT2D eigenvalue weighted by Gasteiger charge is 2.35. The van der Waals surface area contributed by atoms with Gasteiger partial charge in [-0.25, -0.2) is 0 Å². The zero-order chi connectivity index (χ0) is 13.9. The van der Waals surface area contributed by atoms with Gasteiger partial charge in [0.1, 0.15) is 5.60 Å².